The maximum absolute atomic E-state index is 12.6. The molecule has 9 nitrogen and oxygen atoms in total. The fourth-order valence-corrected chi connectivity index (χ4v) is 3.41. The number of hydrogen-bond acceptors (Lipinski definition) is 8. The van der Waals surface area contributed by atoms with E-state index in [9.17, 15) is 23.7 Å². The van der Waals surface area contributed by atoms with E-state index in [0.717, 1.165) is 11.6 Å². The predicted octanol–water partition coefficient (Wildman–Crippen LogP) is 4.21. The summed E-state index contributed by atoms with van der Waals surface area (Å²) in [5.74, 6) is -0.364. The number of methoxy groups -OCH3 is 1. The van der Waals surface area contributed by atoms with Gasteiger partial charge in [-0.25, -0.2) is 4.98 Å². The molecule has 1 heterocycles. The molecule has 0 fully saturated rings. The predicted molar refractivity (Wildman–Crippen MR) is 115 cm³/mol. The van der Waals surface area contributed by atoms with Gasteiger partial charge in [0.25, 0.3) is 11.6 Å². The maximum atomic E-state index is 12.6. The molecule has 0 aliphatic carbocycles. The van der Waals surface area contributed by atoms with Crippen LogP contribution in [0.1, 0.15) is 21.6 Å². The number of aromatic nitrogens is 1. The van der Waals surface area contributed by atoms with Gasteiger partial charge in [0.1, 0.15) is 17.9 Å². The van der Waals surface area contributed by atoms with Crippen LogP contribution in [0.15, 0.2) is 47.3 Å². The highest BCUT2D eigenvalue weighted by Crippen LogP contribution is 2.35. The normalized spacial score (nSPS) is 10.7. The molecule has 1 amide bonds. The molecule has 0 unspecified atom stereocenters. The van der Waals surface area contributed by atoms with E-state index in [0.29, 0.717) is 12.1 Å². The first kappa shape index (κ1) is 23.9. The molecule has 0 radical (unpaired) electrons. The minimum absolute atomic E-state index is 0.0255. The lowest BCUT2D eigenvalue weighted by Crippen LogP contribution is -2.26. The lowest BCUT2D eigenvalue weighted by atomic mass is 10.1. The average molecular weight is 479 g/mol. The Labute approximate surface area is 191 Å². The van der Waals surface area contributed by atoms with E-state index in [2.05, 4.69) is 15.0 Å². The molecule has 33 heavy (non-hydrogen) atoms. The number of halogens is 2. The van der Waals surface area contributed by atoms with Gasteiger partial charge in [-0.3, -0.25) is 14.9 Å². The molecule has 0 atom stereocenters. The van der Waals surface area contributed by atoms with Crippen molar-refractivity contribution < 1.29 is 32.7 Å². The summed E-state index contributed by atoms with van der Waals surface area (Å²) in [7, 11) is 1.36. The number of alkyl halides is 2. The zero-order chi connectivity index (χ0) is 23.8. The van der Waals surface area contributed by atoms with Gasteiger partial charge < -0.3 is 19.5 Å². The van der Waals surface area contributed by atoms with E-state index in [-0.39, 0.29) is 36.0 Å². The molecular formula is C21H19F2N3O6S. The molecule has 0 bridgehead atoms. The highest BCUT2D eigenvalue weighted by Gasteiger charge is 2.25. The standard InChI is InChI=1S/C21H19F2N3O6S/c1-30-18-8-16(17(26(28)29)9-19(18)31-10-14-11-33-12-25-14)20(27)24-7-6-13-2-4-15(5-3-13)32-21(22)23/h2-5,8-9,11-12,21H,6-7,10H2,1H3,(H,24,27). The van der Waals surface area contributed by atoms with Crippen molar-refractivity contribution in [2.24, 2.45) is 0 Å². The molecule has 0 aliphatic heterocycles. The van der Waals surface area contributed by atoms with E-state index in [4.69, 9.17) is 9.47 Å². The zero-order valence-corrected chi connectivity index (χ0v) is 18.1. The van der Waals surface area contributed by atoms with Gasteiger partial charge in [-0.2, -0.15) is 8.78 Å². The third-order valence-corrected chi connectivity index (χ3v) is 5.07. The van der Waals surface area contributed by atoms with Crippen LogP contribution in [0.3, 0.4) is 0 Å². The second-order valence-corrected chi connectivity index (χ2v) is 7.29. The summed E-state index contributed by atoms with van der Waals surface area (Å²) in [4.78, 5) is 27.6. The van der Waals surface area contributed by atoms with Crippen LogP contribution >= 0.6 is 11.3 Å². The van der Waals surface area contributed by atoms with Gasteiger partial charge in [0.05, 0.1) is 29.3 Å². The van der Waals surface area contributed by atoms with Crippen molar-refractivity contribution in [1.29, 1.82) is 0 Å². The molecule has 3 aromatic rings. The van der Waals surface area contributed by atoms with Crippen LogP contribution in [0.4, 0.5) is 14.5 Å². The monoisotopic (exact) mass is 479 g/mol. The summed E-state index contributed by atoms with van der Waals surface area (Å²) in [5.41, 5.74) is 2.43. The van der Waals surface area contributed by atoms with Crippen molar-refractivity contribution in [3.8, 4) is 17.2 Å². The van der Waals surface area contributed by atoms with Crippen LogP contribution in [0.5, 0.6) is 17.2 Å². The van der Waals surface area contributed by atoms with Gasteiger partial charge in [0.15, 0.2) is 11.5 Å². The fraction of sp³-hybridized carbons (Fsp3) is 0.238. The van der Waals surface area contributed by atoms with Crippen molar-refractivity contribution in [3.05, 3.63) is 74.2 Å². The molecule has 1 N–H and O–H groups in total. The van der Waals surface area contributed by atoms with Crippen LogP contribution in [0.2, 0.25) is 0 Å². The summed E-state index contributed by atoms with van der Waals surface area (Å²) < 4.78 is 39.5. The third-order valence-electron chi connectivity index (χ3n) is 4.43. The van der Waals surface area contributed by atoms with Crippen molar-refractivity contribution in [1.82, 2.24) is 10.3 Å². The Morgan fingerprint density at radius 1 is 1.24 bits per heavy atom. The quantitative estimate of drug-likeness (QED) is 0.324. The first-order chi connectivity index (χ1) is 15.9. The van der Waals surface area contributed by atoms with Crippen LogP contribution in [0.25, 0.3) is 0 Å². The molecule has 12 heteroatoms. The molecule has 174 valence electrons. The largest absolute Gasteiger partial charge is 0.493 e. The molecular weight excluding hydrogens is 460 g/mol. The van der Waals surface area contributed by atoms with Gasteiger partial charge in [-0.15, -0.1) is 11.3 Å². The number of nitro benzene ring substituents is 1. The van der Waals surface area contributed by atoms with Gasteiger partial charge in [0.2, 0.25) is 0 Å². The van der Waals surface area contributed by atoms with Crippen molar-refractivity contribution in [3.63, 3.8) is 0 Å². The summed E-state index contributed by atoms with van der Waals surface area (Å²) in [6.45, 7) is -2.66. The highest BCUT2D eigenvalue weighted by atomic mass is 32.1. The zero-order valence-electron chi connectivity index (χ0n) is 17.3. The molecule has 3 rings (SSSR count). The number of nitrogens with zero attached hydrogens (tertiary/aromatic N) is 2. The van der Waals surface area contributed by atoms with Crippen molar-refractivity contribution in [2.45, 2.75) is 19.6 Å². The summed E-state index contributed by atoms with van der Waals surface area (Å²) in [5, 5.41) is 16.0. The Balaban J connectivity index is 1.67. The van der Waals surface area contributed by atoms with Gasteiger partial charge in [-0.05, 0) is 24.1 Å². The molecule has 0 spiro atoms. The van der Waals surface area contributed by atoms with E-state index in [1.165, 1.54) is 36.6 Å². The number of carbonyl (C=O) groups excluding carboxylic acids is 1. The Morgan fingerprint density at radius 2 is 2.00 bits per heavy atom. The van der Waals surface area contributed by atoms with Gasteiger partial charge in [0, 0.05) is 18.0 Å². The lowest BCUT2D eigenvalue weighted by Gasteiger charge is -2.12. The number of carbonyl (C=O) groups is 1. The summed E-state index contributed by atoms with van der Waals surface area (Å²) in [6, 6.07) is 8.35. The number of nitro groups is 1. The highest BCUT2D eigenvalue weighted by molar-refractivity contribution is 7.07. The number of nitrogens with one attached hydrogen (secondary N) is 1. The van der Waals surface area contributed by atoms with Crippen LogP contribution in [0, 0.1) is 10.1 Å². The Bertz CT molecular complexity index is 1090. The number of hydrogen-bond donors (Lipinski definition) is 1. The number of thiazole rings is 1. The minimum Gasteiger partial charge on any atom is -0.493 e. The first-order valence-corrected chi connectivity index (χ1v) is 10.5. The summed E-state index contributed by atoms with van der Waals surface area (Å²) in [6.07, 6.45) is 0.375. The van der Waals surface area contributed by atoms with Crippen LogP contribution in [-0.2, 0) is 13.0 Å². The Hall–Kier alpha value is -3.80. The average Bonchev–Trinajstić information content (AvgIpc) is 3.31. The number of ether oxygens (including phenoxy) is 3. The van der Waals surface area contributed by atoms with Crippen molar-refractivity contribution >= 4 is 22.9 Å². The van der Waals surface area contributed by atoms with Crippen molar-refractivity contribution in [2.75, 3.05) is 13.7 Å². The molecule has 0 saturated heterocycles. The number of benzene rings is 2. The van der Waals surface area contributed by atoms with Crippen LogP contribution < -0.4 is 19.5 Å². The molecule has 1 aromatic heterocycles. The minimum atomic E-state index is -2.91. The van der Waals surface area contributed by atoms with E-state index < -0.39 is 23.1 Å². The summed E-state index contributed by atoms with van der Waals surface area (Å²) >= 11 is 1.39. The van der Waals surface area contributed by atoms with Gasteiger partial charge >= 0.3 is 6.61 Å². The second kappa shape index (κ2) is 11.2. The molecule has 0 saturated carbocycles. The van der Waals surface area contributed by atoms with Gasteiger partial charge in [-0.1, -0.05) is 12.1 Å². The third kappa shape index (κ3) is 6.59. The Morgan fingerprint density at radius 3 is 2.61 bits per heavy atom. The number of rotatable bonds is 11. The fourth-order valence-electron chi connectivity index (χ4n) is 2.87. The second-order valence-electron chi connectivity index (χ2n) is 6.57. The van der Waals surface area contributed by atoms with Crippen LogP contribution in [-0.4, -0.2) is 36.1 Å². The van der Waals surface area contributed by atoms with E-state index >= 15 is 0 Å². The maximum Gasteiger partial charge on any atom is 0.387 e. The van der Waals surface area contributed by atoms with E-state index in [1.54, 1.807) is 23.0 Å². The first-order valence-electron chi connectivity index (χ1n) is 9.55. The van der Waals surface area contributed by atoms with E-state index in [1.807, 2.05) is 0 Å². The topological polar surface area (TPSA) is 113 Å². The molecule has 0 aliphatic rings. The number of amides is 1. The lowest BCUT2D eigenvalue weighted by molar-refractivity contribution is -0.385. The Kier molecular flexibility index (Phi) is 8.08. The molecule has 2 aromatic carbocycles. The smallest absolute Gasteiger partial charge is 0.387 e. The SMILES string of the molecule is COc1cc(C(=O)NCCc2ccc(OC(F)F)cc2)c([N+](=O)[O-])cc1OCc1cscn1.